The van der Waals surface area contributed by atoms with E-state index in [2.05, 4.69) is 39.4 Å². The van der Waals surface area contributed by atoms with Crippen LogP contribution in [-0.4, -0.2) is 63.4 Å². The van der Waals surface area contributed by atoms with Crippen LogP contribution in [-0.2, 0) is 25.9 Å². The molecule has 1 fully saturated rings. The molecule has 7 rings (SSSR count). The summed E-state index contributed by atoms with van der Waals surface area (Å²) in [6.07, 6.45) is 9.11. The molecule has 7 nitrogen and oxygen atoms in total. The summed E-state index contributed by atoms with van der Waals surface area (Å²) in [6.45, 7) is 5.15. The topological polar surface area (TPSA) is 77.3 Å². The summed E-state index contributed by atoms with van der Waals surface area (Å²) < 4.78 is 1.85. The van der Waals surface area contributed by atoms with E-state index in [1.807, 2.05) is 47.1 Å². The molecular weight excluding hydrogens is 512 g/mol. The van der Waals surface area contributed by atoms with Crippen LogP contribution < -0.4 is 5.32 Å². The third-order valence-corrected chi connectivity index (χ3v) is 9.18. The molecule has 0 spiro atoms. The molecule has 5 heterocycles. The largest absolute Gasteiger partial charge is 0.478 e. The minimum atomic E-state index is -0.985. The van der Waals surface area contributed by atoms with Crippen molar-refractivity contribution in [3.8, 4) is 11.1 Å². The molecule has 0 bridgehead atoms. The average molecular weight is 549 g/mol. The van der Waals surface area contributed by atoms with Gasteiger partial charge in [0.05, 0.1) is 11.1 Å². The maximum Gasteiger partial charge on any atom is 0.338 e. The zero-order valence-electron chi connectivity index (χ0n) is 23.3. The van der Waals surface area contributed by atoms with Gasteiger partial charge in [-0.25, -0.2) is 4.79 Å². The van der Waals surface area contributed by atoms with Gasteiger partial charge in [-0.2, -0.15) is 0 Å². The van der Waals surface area contributed by atoms with Gasteiger partial charge in [0, 0.05) is 49.2 Å². The number of nitrogens with one attached hydrogen (secondary N) is 1. The Hall–Kier alpha value is -3.94. The molecule has 0 radical (unpaired) electrons. The fraction of sp³-hybridized carbons (Fsp3) is 0.353. The first-order valence-corrected chi connectivity index (χ1v) is 14.9. The number of carboxylic acids is 1. The zero-order chi connectivity index (χ0) is 27.9. The minimum Gasteiger partial charge on any atom is -0.478 e. The van der Waals surface area contributed by atoms with Crippen LogP contribution in [0.3, 0.4) is 0 Å². The predicted molar refractivity (Wildman–Crippen MR) is 159 cm³/mol. The standard InChI is InChI=1S/C34H36N4O3/c39-33(38-20-25-9-3-2-8-23(25)16-27(38)21-36-13-5-1-6-14-36)29-18-26-19-35-12-11-24(26)17-28(29)30-22-37-15-7-4-10-31(37)32(30)34(40)41/h2-4,7-10,15,17-18,22,27,35H,1,5-6,11-14,16,19-21H2,(H,40,41)/t27-/m0/s1. The van der Waals surface area contributed by atoms with Crippen molar-refractivity contribution in [1.29, 1.82) is 0 Å². The Balaban J connectivity index is 1.36. The molecule has 3 aliphatic rings. The lowest BCUT2D eigenvalue weighted by Gasteiger charge is -2.41. The first-order valence-electron chi connectivity index (χ1n) is 14.9. The number of rotatable bonds is 5. The summed E-state index contributed by atoms with van der Waals surface area (Å²) in [6, 6.07) is 18.2. The van der Waals surface area contributed by atoms with E-state index in [0.29, 0.717) is 35.3 Å². The molecule has 0 saturated carbocycles. The van der Waals surface area contributed by atoms with E-state index >= 15 is 0 Å². The molecule has 2 aromatic carbocycles. The van der Waals surface area contributed by atoms with Gasteiger partial charge in [0.25, 0.3) is 5.91 Å². The lowest BCUT2D eigenvalue weighted by atomic mass is 9.88. The third-order valence-electron chi connectivity index (χ3n) is 9.18. The summed E-state index contributed by atoms with van der Waals surface area (Å²) >= 11 is 0. The molecule has 4 aromatic rings. The van der Waals surface area contributed by atoms with E-state index in [4.69, 9.17) is 0 Å². The highest BCUT2D eigenvalue weighted by Crippen LogP contribution is 2.36. The van der Waals surface area contributed by atoms with Crippen LogP contribution in [0.2, 0.25) is 0 Å². The quantitative estimate of drug-likeness (QED) is 0.367. The van der Waals surface area contributed by atoms with Gasteiger partial charge < -0.3 is 24.6 Å². The van der Waals surface area contributed by atoms with E-state index < -0.39 is 5.97 Å². The molecule has 3 aliphatic heterocycles. The number of likely N-dealkylation sites (tertiary alicyclic amines) is 1. The van der Waals surface area contributed by atoms with Crippen molar-refractivity contribution in [2.45, 2.75) is 51.2 Å². The Bertz CT molecular complexity index is 1630. The number of pyridine rings is 1. The number of nitrogens with zero attached hydrogens (tertiary/aromatic N) is 3. The van der Waals surface area contributed by atoms with Crippen LogP contribution in [0.15, 0.2) is 67.0 Å². The maximum atomic E-state index is 14.8. The number of carbonyl (C=O) groups is 2. The Kier molecular flexibility index (Phi) is 6.85. The van der Waals surface area contributed by atoms with Crippen LogP contribution in [0, 0.1) is 0 Å². The minimum absolute atomic E-state index is 0.0171. The number of hydrogen-bond donors (Lipinski definition) is 2. The van der Waals surface area contributed by atoms with Gasteiger partial charge in [0.15, 0.2) is 0 Å². The van der Waals surface area contributed by atoms with Crippen molar-refractivity contribution < 1.29 is 14.7 Å². The normalized spacial score (nSPS) is 19.1. The third kappa shape index (κ3) is 4.83. The maximum absolute atomic E-state index is 14.8. The molecule has 0 aliphatic carbocycles. The molecule has 7 heteroatoms. The number of benzene rings is 2. The van der Waals surface area contributed by atoms with Crippen molar-refractivity contribution in [2.75, 3.05) is 26.2 Å². The summed E-state index contributed by atoms with van der Waals surface area (Å²) in [5.41, 5.74) is 7.58. The van der Waals surface area contributed by atoms with Crippen LogP contribution in [0.5, 0.6) is 0 Å². The van der Waals surface area contributed by atoms with Gasteiger partial charge in [0.1, 0.15) is 0 Å². The molecule has 1 saturated heterocycles. The molecule has 1 atom stereocenters. The lowest BCUT2D eigenvalue weighted by Crippen LogP contribution is -2.51. The molecule has 0 unspecified atom stereocenters. The Morgan fingerprint density at radius 1 is 0.902 bits per heavy atom. The fourth-order valence-corrected chi connectivity index (χ4v) is 7.07. The number of fused-ring (bicyclic) bond motifs is 3. The Morgan fingerprint density at radius 2 is 1.71 bits per heavy atom. The summed E-state index contributed by atoms with van der Waals surface area (Å²) in [5.74, 6) is -1.00. The smallest absolute Gasteiger partial charge is 0.338 e. The first kappa shape index (κ1) is 26.0. The monoisotopic (exact) mass is 548 g/mol. The Morgan fingerprint density at radius 3 is 2.54 bits per heavy atom. The van der Waals surface area contributed by atoms with Crippen molar-refractivity contribution in [1.82, 2.24) is 19.5 Å². The second-order valence-corrected chi connectivity index (χ2v) is 11.7. The molecule has 2 N–H and O–H groups in total. The molecule has 2 aromatic heterocycles. The number of hydrogen-bond acceptors (Lipinski definition) is 4. The number of amides is 1. The van der Waals surface area contributed by atoms with Crippen molar-refractivity contribution in [3.63, 3.8) is 0 Å². The molecule has 41 heavy (non-hydrogen) atoms. The number of carbonyl (C=O) groups excluding carboxylic acids is 1. The number of carboxylic acid groups (broad SMARTS) is 1. The summed E-state index contributed by atoms with van der Waals surface area (Å²) in [4.78, 5) is 32.0. The van der Waals surface area contributed by atoms with E-state index in [-0.39, 0.29) is 17.5 Å². The van der Waals surface area contributed by atoms with Gasteiger partial charge in [-0.3, -0.25) is 4.79 Å². The summed E-state index contributed by atoms with van der Waals surface area (Å²) in [5, 5.41) is 13.8. The van der Waals surface area contributed by atoms with E-state index in [1.165, 1.54) is 36.0 Å². The van der Waals surface area contributed by atoms with E-state index in [0.717, 1.165) is 44.6 Å². The highest BCUT2D eigenvalue weighted by Gasteiger charge is 2.34. The van der Waals surface area contributed by atoms with Crippen LogP contribution in [0.25, 0.3) is 16.6 Å². The van der Waals surface area contributed by atoms with Crippen molar-refractivity contribution >= 4 is 17.4 Å². The van der Waals surface area contributed by atoms with E-state index in [1.54, 1.807) is 0 Å². The van der Waals surface area contributed by atoms with E-state index in [9.17, 15) is 14.7 Å². The summed E-state index contributed by atoms with van der Waals surface area (Å²) in [7, 11) is 0. The number of piperidine rings is 1. The highest BCUT2D eigenvalue weighted by atomic mass is 16.4. The number of aromatic carboxylic acids is 1. The second-order valence-electron chi connectivity index (χ2n) is 11.7. The predicted octanol–water partition coefficient (Wildman–Crippen LogP) is 5.00. The van der Waals surface area contributed by atoms with Gasteiger partial charge >= 0.3 is 5.97 Å². The zero-order valence-corrected chi connectivity index (χ0v) is 23.3. The lowest BCUT2D eigenvalue weighted by molar-refractivity contribution is 0.0566. The van der Waals surface area contributed by atoms with Gasteiger partial charge in [0.2, 0.25) is 0 Å². The van der Waals surface area contributed by atoms with Crippen LogP contribution in [0.4, 0.5) is 0 Å². The molecule has 1 amide bonds. The molecule has 210 valence electrons. The second kappa shape index (κ2) is 10.8. The first-order chi connectivity index (χ1) is 20.1. The van der Waals surface area contributed by atoms with Crippen molar-refractivity contribution in [3.05, 3.63) is 100 Å². The average Bonchev–Trinajstić information content (AvgIpc) is 3.40. The van der Waals surface area contributed by atoms with Crippen LogP contribution >= 0.6 is 0 Å². The van der Waals surface area contributed by atoms with Gasteiger partial charge in [-0.15, -0.1) is 0 Å². The van der Waals surface area contributed by atoms with Crippen molar-refractivity contribution in [2.24, 2.45) is 0 Å². The fourth-order valence-electron chi connectivity index (χ4n) is 7.07. The number of aromatic nitrogens is 1. The molecular formula is C34H36N4O3. The highest BCUT2D eigenvalue weighted by molar-refractivity contribution is 6.08. The van der Waals surface area contributed by atoms with Gasteiger partial charge in [-0.05, 0) is 97.4 Å². The Labute approximate surface area is 240 Å². The SMILES string of the molecule is O=C(O)c1c(-c2cc3c(cc2C(=O)N2Cc4ccccc4C[C@H]2CN2CCCCC2)CNCC3)cn2ccccc12. The van der Waals surface area contributed by atoms with Gasteiger partial charge in [-0.1, -0.05) is 36.8 Å². The van der Waals surface area contributed by atoms with Crippen LogP contribution in [0.1, 0.15) is 62.2 Å².